The molecule has 0 spiro atoms. The van der Waals surface area contributed by atoms with Crippen LogP contribution in [0.2, 0.25) is 0 Å². The van der Waals surface area contributed by atoms with Gasteiger partial charge in [-0.2, -0.15) is 0 Å². The van der Waals surface area contributed by atoms with Crippen molar-refractivity contribution in [2.45, 2.75) is 19.8 Å². The second-order valence-corrected chi connectivity index (χ2v) is 5.16. The molecule has 0 aromatic heterocycles. The number of halogens is 1. The SMILES string of the molecule is COc1ccc(NC(=O)C(C)CN)cc1N1CCCC1=O.Cl. The Hall–Kier alpha value is -1.79. The summed E-state index contributed by atoms with van der Waals surface area (Å²) in [6, 6.07) is 5.27. The van der Waals surface area contributed by atoms with E-state index in [1.54, 1.807) is 37.1 Å². The van der Waals surface area contributed by atoms with Gasteiger partial charge in [0.2, 0.25) is 11.8 Å². The van der Waals surface area contributed by atoms with E-state index in [2.05, 4.69) is 5.32 Å². The largest absolute Gasteiger partial charge is 0.495 e. The van der Waals surface area contributed by atoms with Crippen LogP contribution in [-0.4, -0.2) is 32.0 Å². The van der Waals surface area contributed by atoms with Gasteiger partial charge in [-0.05, 0) is 24.6 Å². The number of amides is 2. The lowest BCUT2D eigenvalue weighted by Crippen LogP contribution is -2.27. The fraction of sp³-hybridized carbons (Fsp3) is 0.467. The zero-order valence-electron chi connectivity index (χ0n) is 12.8. The van der Waals surface area contributed by atoms with Gasteiger partial charge < -0.3 is 20.7 Å². The Morgan fingerprint density at radius 3 is 2.77 bits per heavy atom. The van der Waals surface area contributed by atoms with Crippen LogP contribution in [0.3, 0.4) is 0 Å². The van der Waals surface area contributed by atoms with E-state index in [1.807, 2.05) is 0 Å². The van der Waals surface area contributed by atoms with Gasteiger partial charge in [-0.15, -0.1) is 12.4 Å². The number of carbonyl (C=O) groups is 2. The lowest BCUT2D eigenvalue weighted by molar-refractivity contribution is -0.119. The topological polar surface area (TPSA) is 84.7 Å². The highest BCUT2D eigenvalue weighted by Crippen LogP contribution is 2.34. The molecule has 2 amide bonds. The van der Waals surface area contributed by atoms with Gasteiger partial charge >= 0.3 is 0 Å². The van der Waals surface area contributed by atoms with Crippen LogP contribution >= 0.6 is 12.4 Å². The average Bonchev–Trinajstić information content (AvgIpc) is 2.92. The van der Waals surface area contributed by atoms with Crippen LogP contribution in [0.4, 0.5) is 11.4 Å². The molecule has 1 heterocycles. The number of methoxy groups -OCH3 is 1. The molecule has 1 fully saturated rings. The minimum Gasteiger partial charge on any atom is -0.495 e. The summed E-state index contributed by atoms with van der Waals surface area (Å²) in [7, 11) is 1.56. The standard InChI is InChI=1S/C15H21N3O3.ClH/c1-10(9-16)15(20)17-11-5-6-13(21-2)12(8-11)18-7-3-4-14(18)19;/h5-6,8,10H,3-4,7,9,16H2,1-2H3,(H,17,20);1H. The van der Waals surface area contributed by atoms with Crippen molar-refractivity contribution in [3.63, 3.8) is 0 Å². The molecular weight excluding hydrogens is 306 g/mol. The number of anilines is 2. The highest BCUT2D eigenvalue weighted by atomic mass is 35.5. The number of hydrogen-bond acceptors (Lipinski definition) is 4. The molecule has 1 aromatic rings. The van der Waals surface area contributed by atoms with Crippen molar-refractivity contribution in [2.75, 3.05) is 30.4 Å². The summed E-state index contributed by atoms with van der Waals surface area (Å²) in [5.74, 6) is 0.299. The number of benzene rings is 1. The summed E-state index contributed by atoms with van der Waals surface area (Å²) in [6.45, 7) is 2.73. The van der Waals surface area contributed by atoms with Crippen molar-refractivity contribution in [2.24, 2.45) is 11.7 Å². The Bertz CT molecular complexity index is 551. The molecule has 7 heteroatoms. The normalized spacial score (nSPS) is 15.2. The molecule has 0 bridgehead atoms. The van der Waals surface area contributed by atoms with Crippen molar-refractivity contribution in [3.05, 3.63) is 18.2 Å². The summed E-state index contributed by atoms with van der Waals surface area (Å²) < 4.78 is 5.31. The zero-order chi connectivity index (χ0) is 15.4. The molecule has 3 N–H and O–H groups in total. The number of carbonyl (C=O) groups excluding carboxylic acids is 2. The second kappa shape index (κ2) is 8.00. The molecule has 0 radical (unpaired) electrons. The Balaban J connectivity index is 0.00000242. The van der Waals surface area contributed by atoms with Crippen LogP contribution in [0.1, 0.15) is 19.8 Å². The molecule has 1 saturated heterocycles. The van der Waals surface area contributed by atoms with Gasteiger partial charge in [0, 0.05) is 31.1 Å². The van der Waals surface area contributed by atoms with Gasteiger partial charge in [-0.3, -0.25) is 9.59 Å². The van der Waals surface area contributed by atoms with Crippen LogP contribution in [0.5, 0.6) is 5.75 Å². The van der Waals surface area contributed by atoms with Crippen LogP contribution in [0.25, 0.3) is 0 Å². The van der Waals surface area contributed by atoms with Crippen molar-refractivity contribution in [3.8, 4) is 5.75 Å². The Labute approximate surface area is 136 Å². The van der Waals surface area contributed by atoms with Gasteiger partial charge in [0.1, 0.15) is 5.75 Å². The summed E-state index contributed by atoms with van der Waals surface area (Å²) in [5.41, 5.74) is 6.81. The number of nitrogens with one attached hydrogen (secondary N) is 1. The van der Waals surface area contributed by atoms with E-state index in [9.17, 15) is 9.59 Å². The molecular formula is C15H22ClN3O3. The first-order valence-electron chi connectivity index (χ1n) is 7.06. The molecule has 2 rings (SSSR count). The van der Waals surface area contributed by atoms with Crippen molar-refractivity contribution < 1.29 is 14.3 Å². The number of ether oxygens (including phenoxy) is 1. The number of rotatable bonds is 5. The van der Waals surface area contributed by atoms with Gasteiger partial charge in [0.15, 0.2) is 0 Å². The van der Waals surface area contributed by atoms with Crippen molar-refractivity contribution in [1.82, 2.24) is 0 Å². The molecule has 122 valence electrons. The molecule has 1 aliphatic rings. The van der Waals surface area contributed by atoms with Gasteiger partial charge in [-0.25, -0.2) is 0 Å². The predicted molar refractivity (Wildman–Crippen MR) is 88.7 cm³/mol. The molecule has 0 aliphatic carbocycles. The fourth-order valence-electron chi connectivity index (χ4n) is 2.25. The molecule has 22 heavy (non-hydrogen) atoms. The molecule has 6 nitrogen and oxygen atoms in total. The third-order valence-electron chi connectivity index (χ3n) is 3.61. The lowest BCUT2D eigenvalue weighted by atomic mass is 10.1. The van der Waals surface area contributed by atoms with E-state index in [4.69, 9.17) is 10.5 Å². The predicted octanol–water partition coefficient (Wildman–Crippen LogP) is 1.78. The maximum absolute atomic E-state index is 11.9. The molecule has 0 saturated carbocycles. The van der Waals surface area contributed by atoms with Crippen LogP contribution in [0, 0.1) is 5.92 Å². The first kappa shape index (κ1) is 18.3. The van der Waals surface area contributed by atoms with E-state index in [0.717, 1.165) is 6.42 Å². The second-order valence-electron chi connectivity index (χ2n) is 5.16. The quantitative estimate of drug-likeness (QED) is 0.863. The van der Waals surface area contributed by atoms with Crippen molar-refractivity contribution in [1.29, 1.82) is 0 Å². The molecule has 1 aromatic carbocycles. The number of nitrogens with zero attached hydrogens (tertiary/aromatic N) is 1. The van der Waals surface area contributed by atoms with E-state index in [1.165, 1.54) is 0 Å². The summed E-state index contributed by atoms with van der Waals surface area (Å²) >= 11 is 0. The average molecular weight is 328 g/mol. The highest BCUT2D eigenvalue weighted by molar-refractivity contribution is 5.98. The first-order chi connectivity index (χ1) is 10.1. The lowest BCUT2D eigenvalue weighted by Gasteiger charge is -2.20. The minimum absolute atomic E-state index is 0. The summed E-state index contributed by atoms with van der Waals surface area (Å²) in [5, 5.41) is 2.81. The van der Waals surface area contributed by atoms with Crippen LogP contribution in [-0.2, 0) is 9.59 Å². The van der Waals surface area contributed by atoms with E-state index < -0.39 is 0 Å². The Morgan fingerprint density at radius 1 is 1.50 bits per heavy atom. The first-order valence-corrected chi connectivity index (χ1v) is 7.06. The van der Waals surface area contributed by atoms with E-state index in [-0.39, 0.29) is 30.1 Å². The zero-order valence-corrected chi connectivity index (χ0v) is 13.6. The highest BCUT2D eigenvalue weighted by Gasteiger charge is 2.25. The van der Waals surface area contributed by atoms with Gasteiger partial charge in [0.05, 0.1) is 12.8 Å². The van der Waals surface area contributed by atoms with Gasteiger partial charge in [-0.1, -0.05) is 6.92 Å². The number of hydrogen-bond donors (Lipinski definition) is 2. The maximum atomic E-state index is 11.9. The Morgan fingerprint density at radius 2 is 2.23 bits per heavy atom. The third-order valence-corrected chi connectivity index (χ3v) is 3.61. The molecule has 1 unspecified atom stereocenters. The minimum atomic E-state index is -0.260. The van der Waals surface area contributed by atoms with Gasteiger partial charge in [0.25, 0.3) is 0 Å². The fourth-order valence-corrected chi connectivity index (χ4v) is 2.25. The van der Waals surface area contributed by atoms with E-state index >= 15 is 0 Å². The van der Waals surface area contributed by atoms with Crippen LogP contribution in [0.15, 0.2) is 18.2 Å². The number of nitrogens with two attached hydrogens (primary N) is 1. The monoisotopic (exact) mass is 327 g/mol. The third kappa shape index (κ3) is 3.90. The van der Waals surface area contributed by atoms with Crippen molar-refractivity contribution >= 4 is 35.6 Å². The Kier molecular flexibility index (Phi) is 6.64. The maximum Gasteiger partial charge on any atom is 0.228 e. The molecule has 1 atom stereocenters. The molecule has 1 aliphatic heterocycles. The smallest absolute Gasteiger partial charge is 0.228 e. The van der Waals surface area contributed by atoms with E-state index in [0.29, 0.717) is 36.6 Å². The van der Waals surface area contributed by atoms with Crippen LogP contribution < -0.4 is 20.7 Å². The summed E-state index contributed by atoms with van der Waals surface area (Å²) in [4.78, 5) is 25.5. The summed E-state index contributed by atoms with van der Waals surface area (Å²) in [6.07, 6.45) is 1.38.